The second kappa shape index (κ2) is 9.35. The highest BCUT2D eigenvalue weighted by molar-refractivity contribution is 7.99. The largest absolute Gasteiger partial charge is 0.382 e. The molecule has 1 N–H and O–H groups in total. The molecule has 1 rings (SSSR count). The molecule has 2 heteroatoms. The van der Waals surface area contributed by atoms with Gasteiger partial charge in [-0.3, -0.25) is 0 Å². The fourth-order valence-corrected chi connectivity index (χ4v) is 5.61. The fraction of sp³-hybridized carbons (Fsp3) is 0.739. The van der Waals surface area contributed by atoms with Gasteiger partial charge in [-0.15, -0.1) is 0 Å². The van der Waals surface area contributed by atoms with Crippen molar-refractivity contribution in [2.75, 3.05) is 11.5 Å². The lowest BCUT2D eigenvalue weighted by atomic mass is 9.72. The Morgan fingerprint density at radius 2 is 1.72 bits per heavy atom. The monoisotopic (exact) mass is 363 g/mol. The predicted octanol–water partition coefficient (Wildman–Crippen LogP) is 6.69. The van der Waals surface area contributed by atoms with Crippen LogP contribution < -0.4 is 5.32 Å². The highest BCUT2D eigenvalue weighted by Crippen LogP contribution is 2.42. The van der Waals surface area contributed by atoms with E-state index in [2.05, 4.69) is 85.3 Å². The van der Waals surface area contributed by atoms with Crippen LogP contribution in [0.4, 0.5) is 0 Å². The maximum Gasteiger partial charge on any atom is 0.0513 e. The zero-order valence-electron chi connectivity index (χ0n) is 17.7. The van der Waals surface area contributed by atoms with Crippen molar-refractivity contribution in [3.05, 3.63) is 36.6 Å². The Bertz CT molecular complexity index is 477. The molecular formula is C23H41NS. The number of rotatable bonds is 9. The van der Waals surface area contributed by atoms with Crippen LogP contribution in [-0.4, -0.2) is 17.5 Å². The Balaban J connectivity index is 3.08. The molecule has 1 nitrogen and oxygen atoms in total. The molecule has 1 saturated heterocycles. The van der Waals surface area contributed by atoms with Crippen molar-refractivity contribution in [3.63, 3.8) is 0 Å². The predicted molar refractivity (Wildman–Crippen MR) is 117 cm³/mol. The van der Waals surface area contributed by atoms with Gasteiger partial charge in [0.15, 0.2) is 0 Å². The Labute approximate surface area is 161 Å². The molecule has 4 atom stereocenters. The van der Waals surface area contributed by atoms with E-state index in [4.69, 9.17) is 0 Å². The SMILES string of the molecule is C=C(NC(C(=C)C)C(C)(C)C)C(CC(C)C)C(C(=C)C)C1CCSC1. The Hall–Kier alpha value is -0.630. The van der Waals surface area contributed by atoms with Gasteiger partial charge in [0.05, 0.1) is 6.04 Å². The van der Waals surface area contributed by atoms with Crippen LogP contribution >= 0.6 is 11.8 Å². The average molecular weight is 364 g/mol. The molecule has 144 valence electrons. The second-order valence-corrected chi connectivity index (χ2v) is 10.7. The van der Waals surface area contributed by atoms with Crippen molar-refractivity contribution >= 4 is 11.8 Å². The van der Waals surface area contributed by atoms with E-state index < -0.39 is 0 Å². The molecule has 0 aromatic rings. The summed E-state index contributed by atoms with van der Waals surface area (Å²) in [4.78, 5) is 0. The summed E-state index contributed by atoms with van der Waals surface area (Å²) in [5, 5.41) is 3.78. The smallest absolute Gasteiger partial charge is 0.0513 e. The van der Waals surface area contributed by atoms with Crippen LogP contribution in [0.3, 0.4) is 0 Å². The molecule has 4 unspecified atom stereocenters. The quantitative estimate of drug-likeness (QED) is 0.458. The van der Waals surface area contributed by atoms with Crippen LogP contribution in [0, 0.1) is 29.1 Å². The van der Waals surface area contributed by atoms with E-state index in [0.717, 1.165) is 12.3 Å². The lowest BCUT2D eigenvalue weighted by Crippen LogP contribution is -2.43. The number of allylic oxidation sites excluding steroid dienone is 2. The fourth-order valence-electron chi connectivity index (χ4n) is 4.30. The maximum absolute atomic E-state index is 4.52. The van der Waals surface area contributed by atoms with E-state index >= 15 is 0 Å². The molecule has 1 aliphatic heterocycles. The Morgan fingerprint density at radius 1 is 1.12 bits per heavy atom. The Morgan fingerprint density at radius 3 is 2.08 bits per heavy atom. The van der Waals surface area contributed by atoms with E-state index in [0.29, 0.717) is 17.8 Å². The summed E-state index contributed by atoms with van der Waals surface area (Å²) in [6.07, 6.45) is 2.48. The first-order valence-corrected chi connectivity index (χ1v) is 10.9. The first kappa shape index (κ1) is 22.4. The molecule has 0 radical (unpaired) electrons. The number of hydrogen-bond acceptors (Lipinski definition) is 2. The van der Waals surface area contributed by atoms with Crippen LogP contribution in [-0.2, 0) is 0 Å². The summed E-state index contributed by atoms with van der Waals surface area (Å²) in [5.74, 6) is 4.93. The highest BCUT2D eigenvalue weighted by Gasteiger charge is 2.36. The molecular weight excluding hydrogens is 322 g/mol. The lowest BCUT2D eigenvalue weighted by molar-refractivity contribution is 0.250. The van der Waals surface area contributed by atoms with Gasteiger partial charge in [-0.1, -0.05) is 65.5 Å². The molecule has 0 saturated carbocycles. The van der Waals surface area contributed by atoms with Gasteiger partial charge in [0.25, 0.3) is 0 Å². The minimum absolute atomic E-state index is 0.124. The minimum Gasteiger partial charge on any atom is -0.382 e. The summed E-state index contributed by atoms with van der Waals surface area (Å²) in [6, 6.07) is 0.249. The van der Waals surface area contributed by atoms with Crippen molar-refractivity contribution in [1.29, 1.82) is 0 Å². The third kappa shape index (κ3) is 6.55. The lowest BCUT2D eigenvalue weighted by Gasteiger charge is -2.39. The van der Waals surface area contributed by atoms with Crippen LogP contribution in [0.25, 0.3) is 0 Å². The normalized spacial score (nSPS) is 21.7. The van der Waals surface area contributed by atoms with Crippen LogP contribution in [0.2, 0.25) is 0 Å². The van der Waals surface area contributed by atoms with Crippen molar-refractivity contribution in [2.24, 2.45) is 29.1 Å². The van der Waals surface area contributed by atoms with E-state index in [1.54, 1.807) is 0 Å². The summed E-state index contributed by atoms with van der Waals surface area (Å²) in [5.41, 5.74) is 3.81. The van der Waals surface area contributed by atoms with Crippen LogP contribution in [0.5, 0.6) is 0 Å². The molecule has 1 heterocycles. The molecule has 1 fully saturated rings. The molecule has 25 heavy (non-hydrogen) atoms. The van der Waals surface area contributed by atoms with E-state index in [9.17, 15) is 0 Å². The maximum atomic E-state index is 4.52. The minimum atomic E-state index is 0.124. The number of hydrogen-bond donors (Lipinski definition) is 1. The molecule has 0 aromatic heterocycles. The molecule has 0 amide bonds. The van der Waals surface area contributed by atoms with Crippen molar-refractivity contribution < 1.29 is 0 Å². The van der Waals surface area contributed by atoms with Gasteiger partial charge in [-0.05, 0) is 61.4 Å². The average Bonchev–Trinajstić information content (AvgIpc) is 2.95. The van der Waals surface area contributed by atoms with Gasteiger partial charge >= 0.3 is 0 Å². The third-order valence-electron chi connectivity index (χ3n) is 5.34. The standard InChI is InChI=1S/C23H41NS/c1-15(2)13-20(21(16(3)4)19-11-12-25-14-19)18(7)24-22(17(5)6)23(8,9)10/h15,19-22,24H,3,5,7,11-14H2,1-2,4,6,8-10H3. The van der Waals surface area contributed by atoms with Gasteiger partial charge in [0, 0.05) is 11.6 Å². The molecule has 0 bridgehead atoms. The highest BCUT2D eigenvalue weighted by atomic mass is 32.2. The summed E-state index contributed by atoms with van der Waals surface area (Å²) < 4.78 is 0. The van der Waals surface area contributed by atoms with E-state index in [-0.39, 0.29) is 11.5 Å². The summed E-state index contributed by atoms with van der Waals surface area (Å²) >= 11 is 2.09. The van der Waals surface area contributed by atoms with Gasteiger partial charge in [0.2, 0.25) is 0 Å². The second-order valence-electron chi connectivity index (χ2n) is 9.55. The third-order valence-corrected chi connectivity index (χ3v) is 6.53. The van der Waals surface area contributed by atoms with Crippen LogP contribution in [0.15, 0.2) is 36.6 Å². The van der Waals surface area contributed by atoms with Crippen molar-refractivity contribution in [2.45, 2.75) is 67.3 Å². The molecule has 0 aliphatic carbocycles. The molecule has 0 spiro atoms. The molecule has 1 aliphatic rings. The zero-order valence-corrected chi connectivity index (χ0v) is 18.6. The van der Waals surface area contributed by atoms with Gasteiger partial charge < -0.3 is 5.32 Å². The summed E-state index contributed by atoms with van der Waals surface area (Å²) in [7, 11) is 0. The topological polar surface area (TPSA) is 12.0 Å². The summed E-state index contributed by atoms with van der Waals surface area (Å²) in [6.45, 7) is 28.9. The first-order chi connectivity index (χ1) is 11.4. The van der Waals surface area contributed by atoms with Crippen molar-refractivity contribution in [1.82, 2.24) is 5.32 Å². The van der Waals surface area contributed by atoms with Crippen LogP contribution in [0.1, 0.15) is 61.3 Å². The van der Waals surface area contributed by atoms with Gasteiger partial charge in [-0.25, -0.2) is 0 Å². The number of nitrogens with one attached hydrogen (secondary N) is 1. The zero-order chi connectivity index (χ0) is 19.4. The first-order valence-electron chi connectivity index (χ1n) is 9.79. The van der Waals surface area contributed by atoms with Gasteiger partial charge in [0.1, 0.15) is 0 Å². The van der Waals surface area contributed by atoms with Crippen molar-refractivity contribution in [3.8, 4) is 0 Å². The van der Waals surface area contributed by atoms with E-state index in [1.807, 2.05) is 0 Å². The Kier molecular flexibility index (Phi) is 8.38. The van der Waals surface area contributed by atoms with E-state index in [1.165, 1.54) is 34.8 Å². The molecule has 0 aromatic carbocycles. The van der Waals surface area contributed by atoms with Gasteiger partial charge in [-0.2, -0.15) is 11.8 Å². The number of thioether (sulfide) groups is 1.